The van der Waals surface area contributed by atoms with E-state index in [-0.39, 0.29) is 22.7 Å². The van der Waals surface area contributed by atoms with Gasteiger partial charge >= 0.3 is 5.97 Å². The summed E-state index contributed by atoms with van der Waals surface area (Å²) in [5.74, 6) is 0.840. The van der Waals surface area contributed by atoms with Crippen LogP contribution >= 0.6 is 0 Å². The summed E-state index contributed by atoms with van der Waals surface area (Å²) in [5, 5.41) is 19.6. The zero-order chi connectivity index (χ0) is 18.8. The Bertz CT molecular complexity index is 498. The number of rotatable bonds is 7. The molecule has 0 spiro atoms. The molecule has 0 aromatic rings. The van der Waals surface area contributed by atoms with Gasteiger partial charge in [0.15, 0.2) is 0 Å². The van der Waals surface area contributed by atoms with Crippen LogP contribution in [0.2, 0.25) is 0 Å². The molecule has 0 amide bonds. The van der Waals surface area contributed by atoms with Crippen molar-refractivity contribution in [2.45, 2.75) is 104 Å². The highest BCUT2D eigenvalue weighted by molar-refractivity contribution is 5.66. The number of aliphatic carboxylic acids is 1. The van der Waals surface area contributed by atoms with Gasteiger partial charge in [-0.25, -0.2) is 0 Å². The zero-order valence-corrected chi connectivity index (χ0v) is 17.1. The fourth-order valence-corrected chi connectivity index (χ4v) is 7.17. The molecule has 2 bridgehead atoms. The lowest BCUT2D eigenvalue weighted by molar-refractivity contribution is -0.140. The molecular formula is C23H40O3. The molecule has 0 aromatic carbocycles. The van der Waals surface area contributed by atoms with Crippen LogP contribution in [0.4, 0.5) is 0 Å². The summed E-state index contributed by atoms with van der Waals surface area (Å²) in [6, 6.07) is 0. The van der Waals surface area contributed by atoms with Crippen LogP contribution in [0.3, 0.4) is 0 Å². The largest absolute Gasteiger partial charge is 0.481 e. The van der Waals surface area contributed by atoms with Gasteiger partial charge in [-0.15, -0.1) is 0 Å². The molecule has 3 heteroatoms. The minimum absolute atomic E-state index is 0.0732. The van der Waals surface area contributed by atoms with Gasteiger partial charge in [-0.2, -0.15) is 0 Å². The fourth-order valence-electron chi connectivity index (χ4n) is 7.17. The van der Waals surface area contributed by atoms with E-state index in [1.807, 2.05) is 0 Å². The van der Waals surface area contributed by atoms with Crippen LogP contribution in [0.1, 0.15) is 104 Å². The van der Waals surface area contributed by atoms with Crippen molar-refractivity contribution in [2.24, 2.45) is 28.1 Å². The van der Waals surface area contributed by atoms with Crippen LogP contribution in [0.5, 0.6) is 0 Å². The Kier molecular flexibility index (Phi) is 6.06. The number of aliphatic hydroxyl groups is 1. The number of fused-ring (bicyclic) bond motifs is 2. The molecule has 0 radical (unpaired) electrons. The van der Waals surface area contributed by atoms with Crippen molar-refractivity contribution in [3.05, 3.63) is 0 Å². The van der Waals surface area contributed by atoms with E-state index >= 15 is 0 Å². The predicted octanol–water partition coefficient (Wildman–Crippen LogP) is 5.80. The number of carboxylic acid groups (broad SMARTS) is 1. The topological polar surface area (TPSA) is 57.5 Å². The summed E-state index contributed by atoms with van der Waals surface area (Å²) in [4.78, 5) is 11.4. The second-order valence-corrected chi connectivity index (χ2v) is 10.7. The molecule has 26 heavy (non-hydrogen) atoms. The summed E-state index contributed by atoms with van der Waals surface area (Å²) in [7, 11) is 0. The summed E-state index contributed by atoms with van der Waals surface area (Å²) >= 11 is 0. The Morgan fingerprint density at radius 2 is 1.85 bits per heavy atom. The van der Waals surface area contributed by atoms with Crippen molar-refractivity contribution < 1.29 is 15.0 Å². The van der Waals surface area contributed by atoms with Crippen LogP contribution < -0.4 is 0 Å². The van der Waals surface area contributed by atoms with E-state index in [1.165, 1.54) is 64.2 Å². The Morgan fingerprint density at radius 3 is 2.50 bits per heavy atom. The third-order valence-electron chi connectivity index (χ3n) is 8.69. The van der Waals surface area contributed by atoms with E-state index in [1.54, 1.807) is 0 Å². The van der Waals surface area contributed by atoms with Crippen molar-refractivity contribution in [2.75, 3.05) is 6.61 Å². The van der Waals surface area contributed by atoms with E-state index in [2.05, 4.69) is 13.8 Å². The maximum absolute atomic E-state index is 11.4. The molecule has 0 aliphatic heterocycles. The minimum Gasteiger partial charge on any atom is -0.481 e. The molecule has 4 unspecified atom stereocenters. The van der Waals surface area contributed by atoms with Crippen LogP contribution in [-0.2, 0) is 4.79 Å². The Balaban J connectivity index is 1.84. The molecule has 3 aliphatic rings. The Labute approximate surface area is 160 Å². The van der Waals surface area contributed by atoms with Crippen LogP contribution in [0.15, 0.2) is 0 Å². The van der Waals surface area contributed by atoms with Gasteiger partial charge in [-0.3, -0.25) is 4.79 Å². The number of carbonyl (C=O) groups is 1. The lowest BCUT2D eigenvalue weighted by atomic mass is 9.46. The lowest BCUT2D eigenvalue weighted by Crippen LogP contribution is -2.51. The first-order valence-electron chi connectivity index (χ1n) is 11.1. The third kappa shape index (κ3) is 4.13. The highest BCUT2D eigenvalue weighted by Gasteiger charge is 2.55. The molecule has 0 saturated heterocycles. The van der Waals surface area contributed by atoms with Crippen LogP contribution in [0.25, 0.3) is 0 Å². The number of aliphatic hydroxyl groups excluding tert-OH is 1. The van der Waals surface area contributed by atoms with Crippen molar-refractivity contribution in [1.29, 1.82) is 0 Å². The zero-order valence-electron chi connectivity index (χ0n) is 17.1. The lowest BCUT2D eigenvalue weighted by Gasteiger charge is -2.59. The van der Waals surface area contributed by atoms with E-state index in [4.69, 9.17) is 0 Å². The maximum Gasteiger partial charge on any atom is 0.303 e. The molecule has 0 heterocycles. The van der Waals surface area contributed by atoms with Gasteiger partial charge < -0.3 is 10.2 Å². The molecule has 3 nitrogen and oxygen atoms in total. The van der Waals surface area contributed by atoms with Gasteiger partial charge in [-0.1, -0.05) is 58.8 Å². The Hall–Kier alpha value is -0.570. The number of hydrogen-bond donors (Lipinski definition) is 2. The molecule has 3 rings (SSSR count). The smallest absolute Gasteiger partial charge is 0.303 e. The number of hydrogen-bond acceptors (Lipinski definition) is 2. The van der Waals surface area contributed by atoms with E-state index < -0.39 is 5.97 Å². The van der Waals surface area contributed by atoms with Gasteiger partial charge in [-0.05, 0) is 66.6 Å². The van der Waals surface area contributed by atoms with Crippen LogP contribution in [0, 0.1) is 28.1 Å². The van der Waals surface area contributed by atoms with E-state index in [9.17, 15) is 15.0 Å². The minimum atomic E-state index is -0.656. The first-order valence-corrected chi connectivity index (χ1v) is 11.1. The average Bonchev–Trinajstić information content (AvgIpc) is 2.60. The van der Waals surface area contributed by atoms with Crippen molar-refractivity contribution in [3.8, 4) is 0 Å². The fraction of sp³-hybridized carbons (Fsp3) is 0.957. The standard InChI is InChI=1S/C23H40O3/c1-21(12-10-20(25)26,13-18-7-4-3-5-8-18)22(2)14-19-9-6-11-23(15-19,16-22)17-24/h18-19,24H,3-17H2,1-2H3,(H,25,26). The summed E-state index contributed by atoms with van der Waals surface area (Å²) in [5.41, 5.74) is 0.336. The number of carboxylic acids is 1. The van der Waals surface area contributed by atoms with Crippen LogP contribution in [-0.4, -0.2) is 22.8 Å². The van der Waals surface area contributed by atoms with Gasteiger partial charge in [0.25, 0.3) is 0 Å². The average molecular weight is 365 g/mol. The second-order valence-electron chi connectivity index (χ2n) is 10.7. The highest BCUT2D eigenvalue weighted by Crippen LogP contribution is 2.64. The molecule has 3 aliphatic carbocycles. The summed E-state index contributed by atoms with van der Waals surface area (Å²) < 4.78 is 0. The third-order valence-corrected chi connectivity index (χ3v) is 8.69. The predicted molar refractivity (Wildman–Crippen MR) is 105 cm³/mol. The van der Waals surface area contributed by atoms with Gasteiger partial charge in [0.2, 0.25) is 0 Å². The summed E-state index contributed by atoms with van der Waals surface area (Å²) in [6.45, 7) is 5.16. The van der Waals surface area contributed by atoms with Crippen molar-refractivity contribution in [3.63, 3.8) is 0 Å². The van der Waals surface area contributed by atoms with Crippen molar-refractivity contribution in [1.82, 2.24) is 0 Å². The van der Waals surface area contributed by atoms with Gasteiger partial charge in [0.05, 0.1) is 0 Å². The first-order chi connectivity index (χ1) is 12.3. The van der Waals surface area contributed by atoms with E-state index in [0.29, 0.717) is 6.61 Å². The maximum atomic E-state index is 11.4. The molecule has 3 saturated carbocycles. The van der Waals surface area contributed by atoms with Gasteiger partial charge in [0, 0.05) is 13.0 Å². The SMILES string of the molecule is CC(CCC(=O)O)(CC1CCCCC1)C1(C)CC2CCCC(CO)(C2)C1. The monoisotopic (exact) mass is 364 g/mol. The molecule has 3 fully saturated rings. The molecule has 2 N–H and O–H groups in total. The molecule has 4 atom stereocenters. The molecule has 0 aromatic heterocycles. The van der Waals surface area contributed by atoms with E-state index in [0.717, 1.165) is 31.1 Å². The quantitative estimate of drug-likeness (QED) is 0.600. The molecule has 150 valence electrons. The first kappa shape index (κ1) is 20.2. The van der Waals surface area contributed by atoms with Crippen molar-refractivity contribution >= 4 is 5.97 Å². The highest BCUT2D eigenvalue weighted by atomic mass is 16.4. The summed E-state index contributed by atoms with van der Waals surface area (Å²) in [6.07, 6.45) is 16.2. The van der Waals surface area contributed by atoms with Gasteiger partial charge in [0.1, 0.15) is 0 Å². The normalized spacial score (nSPS) is 37.9. The second kappa shape index (κ2) is 7.81. The molecular weight excluding hydrogens is 324 g/mol. The Morgan fingerprint density at radius 1 is 1.12 bits per heavy atom.